The Balaban J connectivity index is 2.39. The highest BCUT2D eigenvalue weighted by Gasteiger charge is 2.37. The third-order valence-electron chi connectivity index (χ3n) is 3.34. The highest BCUT2D eigenvalue weighted by atomic mass is 19.4. The molecule has 0 amide bonds. The first kappa shape index (κ1) is 14.6. The average molecular weight is 289 g/mol. The Morgan fingerprint density at radius 3 is 2.30 bits per heavy atom. The van der Waals surface area contributed by atoms with Crippen molar-refractivity contribution >= 4 is 11.4 Å². The lowest BCUT2D eigenvalue weighted by Crippen LogP contribution is -2.45. The van der Waals surface area contributed by atoms with Crippen molar-refractivity contribution in [2.45, 2.75) is 6.18 Å². The van der Waals surface area contributed by atoms with Gasteiger partial charge < -0.3 is 9.80 Å². The number of non-ortho nitro benzene ring substituents is 1. The summed E-state index contributed by atoms with van der Waals surface area (Å²) in [6.45, 7) is 2.26. The molecule has 0 aliphatic carbocycles. The lowest BCUT2D eigenvalue weighted by Gasteiger charge is -2.35. The van der Waals surface area contributed by atoms with Gasteiger partial charge >= 0.3 is 6.18 Å². The Morgan fingerprint density at radius 1 is 1.20 bits per heavy atom. The Hall–Kier alpha value is -1.83. The van der Waals surface area contributed by atoms with Gasteiger partial charge in [0.05, 0.1) is 10.5 Å². The molecule has 1 saturated heterocycles. The normalized spacial score (nSPS) is 17.3. The van der Waals surface area contributed by atoms with Crippen LogP contribution in [-0.4, -0.2) is 43.0 Å². The van der Waals surface area contributed by atoms with Crippen LogP contribution in [0, 0.1) is 10.1 Å². The van der Waals surface area contributed by atoms with Crippen molar-refractivity contribution in [3.63, 3.8) is 0 Å². The maximum atomic E-state index is 13.1. The van der Waals surface area contributed by atoms with Crippen LogP contribution in [0.1, 0.15) is 5.56 Å². The molecule has 1 aliphatic heterocycles. The zero-order valence-corrected chi connectivity index (χ0v) is 10.9. The quantitative estimate of drug-likeness (QED) is 0.619. The standard InChI is InChI=1S/C12H14F3N3O2/c1-16-4-6-17(7-5-16)11-3-2-9(18(19)20)8-10(11)12(13,14)15/h2-3,8H,4-7H2,1H3. The Kier molecular flexibility index (Phi) is 3.85. The second-order valence-electron chi connectivity index (χ2n) is 4.75. The molecular weight excluding hydrogens is 275 g/mol. The zero-order valence-electron chi connectivity index (χ0n) is 10.9. The van der Waals surface area contributed by atoms with Crippen molar-refractivity contribution in [2.75, 3.05) is 38.1 Å². The Morgan fingerprint density at radius 2 is 1.80 bits per heavy atom. The van der Waals surface area contributed by atoms with E-state index in [2.05, 4.69) is 0 Å². The van der Waals surface area contributed by atoms with E-state index in [9.17, 15) is 23.3 Å². The molecule has 20 heavy (non-hydrogen) atoms. The van der Waals surface area contributed by atoms with E-state index < -0.39 is 22.4 Å². The van der Waals surface area contributed by atoms with Crippen LogP contribution >= 0.6 is 0 Å². The second-order valence-corrected chi connectivity index (χ2v) is 4.75. The van der Waals surface area contributed by atoms with Crippen LogP contribution in [0.3, 0.4) is 0 Å². The number of nitrogens with zero attached hydrogens (tertiary/aromatic N) is 3. The first-order valence-electron chi connectivity index (χ1n) is 6.08. The molecule has 0 spiro atoms. The fraction of sp³-hybridized carbons (Fsp3) is 0.500. The number of anilines is 1. The van der Waals surface area contributed by atoms with Gasteiger partial charge in [0.15, 0.2) is 0 Å². The third-order valence-corrected chi connectivity index (χ3v) is 3.34. The van der Waals surface area contributed by atoms with E-state index in [1.165, 1.54) is 6.07 Å². The van der Waals surface area contributed by atoms with Gasteiger partial charge in [-0.3, -0.25) is 10.1 Å². The molecule has 1 aromatic rings. The van der Waals surface area contributed by atoms with Gasteiger partial charge in [0.2, 0.25) is 0 Å². The summed E-state index contributed by atoms with van der Waals surface area (Å²) in [5.74, 6) is 0. The maximum absolute atomic E-state index is 13.1. The molecule has 0 N–H and O–H groups in total. The van der Waals surface area contributed by atoms with Gasteiger partial charge in [-0.15, -0.1) is 0 Å². The van der Waals surface area contributed by atoms with Crippen LogP contribution in [0.4, 0.5) is 24.5 Å². The predicted molar refractivity (Wildman–Crippen MR) is 67.8 cm³/mol. The number of likely N-dealkylation sites (N-methyl/N-ethyl adjacent to an activating group) is 1. The molecule has 1 fully saturated rings. The highest BCUT2D eigenvalue weighted by Crippen LogP contribution is 2.38. The summed E-state index contributed by atoms with van der Waals surface area (Å²) in [7, 11) is 1.90. The minimum Gasteiger partial charge on any atom is -0.368 e. The van der Waals surface area contributed by atoms with Crippen LogP contribution < -0.4 is 4.90 Å². The van der Waals surface area contributed by atoms with E-state index in [-0.39, 0.29) is 5.69 Å². The molecule has 0 aromatic heterocycles. The fourth-order valence-electron chi connectivity index (χ4n) is 2.19. The molecule has 0 atom stereocenters. The van der Waals surface area contributed by atoms with Crippen molar-refractivity contribution in [2.24, 2.45) is 0 Å². The first-order chi connectivity index (χ1) is 9.29. The van der Waals surface area contributed by atoms with E-state index in [0.717, 1.165) is 6.07 Å². The monoisotopic (exact) mass is 289 g/mol. The predicted octanol–water partition coefficient (Wildman–Crippen LogP) is 2.37. The van der Waals surface area contributed by atoms with Crippen LogP contribution in [0.25, 0.3) is 0 Å². The van der Waals surface area contributed by atoms with Gasteiger partial charge in [0.1, 0.15) is 0 Å². The minimum atomic E-state index is -4.61. The number of piperazine rings is 1. The molecule has 8 heteroatoms. The van der Waals surface area contributed by atoms with Gasteiger partial charge in [0.25, 0.3) is 5.69 Å². The van der Waals surface area contributed by atoms with Crippen molar-refractivity contribution in [3.05, 3.63) is 33.9 Å². The molecule has 0 radical (unpaired) electrons. The molecule has 1 aromatic carbocycles. The van der Waals surface area contributed by atoms with Gasteiger partial charge in [-0.05, 0) is 13.1 Å². The molecule has 110 valence electrons. The lowest BCUT2D eigenvalue weighted by molar-refractivity contribution is -0.385. The Labute approximate surface area is 113 Å². The molecule has 1 aliphatic rings. The molecule has 0 bridgehead atoms. The molecule has 2 rings (SSSR count). The number of halogens is 3. The zero-order chi connectivity index (χ0) is 14.9. The highest BCUT2D eigenvalue weighted by molar-refractivity contribution is 5.59. The molecule has 0 saturated carbocycles. The summed E-state index contributed by atoms with van der Waals surface area (Å²) in [4.78, 5) is 13.5. The van der Waals surface area contributed by atoms with E-state index in [0.29, 0.717) is 32.2 Å². The second kappa shape index (κ2) is 5.28. The fourth-order valence-corrected chi connectivity index (χ4v) is 2.19. The SMILES string of the molecule is CN1CCN(c2ccc([N+](=O)[O-])cc2C(F)(F)F)CC1. The topological polar surface area (TPSA) is 49.6 Å². The molecule has 0 unspecified atom stereocenters. The van der Waals surface area contributed by atoms with E-state index in [1.54, 1.807) is 4.90 Å². The van der Waals surface area contributed by atoms with Crippen molar-refractivity contribution in [1.82, 2.24) is 4.90 Å². The van der Waals surface area contributed by atoms with E-state index >= 15 is 0 Å². The van der Waals surface area contributed by atoms with Gasteiger partial charge in [-0.25, -0.2) is 0 Å². The van der Waals surface area contributed by atoms with Crippen molar-refractivity contribution in [1.29, 1.82) is 0 Å². The number of rotatable bonds is 2. The number of alkyl halides is 3. The molecule has 1 heterocycles. The number of benzene rings is 1. The van der Waals surface area contributed by atoms with Crippen LogP contribution in [0.5, 0.6) is 0 Å². The summed E-state index contributed by atoms with van der Waals surface area (Å²) in [6, 6.07) is 2.91. The summed E-state index contributed by atoms with van der Waals surface area (Å²) in [6.07, 6.45) is -4.61. The summed E-state index contributed by atoms with van der Waals surface area (Å²) in [5.41, 5.74) is -1.48. The van der Waals surface area contributed by atoms with E-state index in [1.807, 2.05) is 11.9 Å². The van der Waals surface area contributed by atoms with Crippen molar-refractivity contribution in [3.8, 4) is 0 Å². The summed E-state index contributed by atoms with van der Waals surface area (Å²) >= 11 is 0. The van der Waals surface area contributed by atoms with Crippen LogP contribution in [0.2, 0.25) is 0 Å². The van der Waals surface area contributed by atoms with Crippen molar-refractivity contribution < 1.29 is 18.1 Å². The van der Waals surface area contributed by atoms with Gasteiger partial charge in [0, 0.05) is 44.0 Å². The van der Waals surface area contributed by atoms with Gasteiger partial charge in [-0.2, -0.15) is 13.2 Å². The Bertz CT molecular complexity index is 511. The minimum absolute atomic E-state index is 0.0104. The summed E-state index contributed by atoms with van der Waals surface area (Å²) < 4.78 is 39.2. The number of nitro groups is 1. The summed E-state index contributed by atoms with van der Waals surface area (Å²) in [5, 5.41) is 10.6. The lowest BCUT2D eigenvalue weighted by atomic mass is 10.1. The first-order valence-corrected chi connectivity index (χ1v) is 6.08. The molecule has 5 nitrogen and oxygen atoms in total. The number of hydrogen-bond donors (Lipinski definition) is 0. The number of hydrogen-bond acceptors (Lipinski definition) is 4. The smallest absolute Gasteiger partial charge is 0.368 e. The average Bonchev–Trinajstić information content (AvgIpc) is 2.38. The molecular formula is C12H14F3N3O2. The van der Waals surface area contributed by atoms with E-state index in [4.69, 9.17) is 0 Å². The largest absolute Gasteiger partial charge is 0.418 e. The van der Waals surface area contributed by atoms with Crippen LogP contribution in [-0.2, 0) is 6.18 Å². The van der Waals surface area contributed by atoms with Gasteiger partial charge in [-0.1, -0.05) is 0 Å². The number of nitro benzene ring substituents is 1. The van der Waals surface area contributed by atoms with Crippen LogP contribution in [0.15, 0.2) is 18.2 Å². The maximum Gasteiger partial charge on any atom is 0.418 e. The third kappa shape index (κ3) is 3.01.